The van der Waals surface area contributed by atoms with Gasteiger partial charge in [-0.2, -0.15) is 0 Å². The fraction of sp³-hybridized carbons (Fsp3) is 0.300. The van der Waals surface area contributed by atoms with Crippen LogP contribution in [0, 0.1) is 10.1 Å². The number of amides is 1. The first-order valence-corrected chi connectivity index (χ1v) is 9.15. The van der Waals surface area contributed by atoms with Gasteiger partial charge in [-0.05, 0) is 24.6 Å². The van der Waals surface area contributed by atoms with Crippen LogP contribution in [0.15, 0.2) is 57.7 Å². The maximum absolute atomic E-state index is 12.3. The Labute approximate surface area is 166 Å². The van der Waals surface area contributed by atoms with Crippen LogP contribution in [-0.4, -0.2) is 40.5 Å². The zero-order chi connectivity index (χ0) is 20.8. The van der Waals surface area contributed by atoms with Crippen molar-refractivity contribution in [2.45, 2.75) is 19.4 Å². The van der Waals surface area contributed by atoms with Gasteiger partial charge in [-0.1, -0.05) is 18.2 Å². The number of carbonyl (C=O) groups is 1. The van der Waals surface area contributed by atoms with E-state index in [1.807, 2.05) is 30.3 Å². The molecule has 0 aliphatic carbocycles. The van der Waals surface area contributed by atoms with Crippen molar-refractivity contribution in [2.75, 3.05) is 20.2 Å². The van der Waals surface area contributed by atoms with E-state index in [4.69, 9.17) is 9.15 Å². The van der Waals surface area contributed by atoms with Crippen LogP contribution in [0.1, 0.15) is 12.8 Å². The summed E-state index contributed by atoms with van der Waals surface area (Å²) in [4.78, 5) is 36.2. The number of hydrogen-bond donors (Lipinski definition) is 0. The van der Waals surface area contributed by atoms with Crippen molar-refractivity contribution in [1.82, 2.24) is 9.47 Å². The number of nitro benzene ring substituents is 1. The van der Waals surface area contributed by atoms with E-state index < -0.39 is 10.7 Å². The number of ether oxygens (including phenoxy) is 1. The third-order valence-electron chi connectivity index (χ3n) is 4.50. The van der Waals surface area contributed by atoms with Crippen LogP contribution >= 0.6 is 0 Å². The normalized spacial score (nSPS) is 10.8. The van der Waals surface area contributed by atoms with E-state index in [1.54, 1.807) is 11.9 Å². The number of non-ortho nitro benzene ring substituents is 1. The van der Waals surface area contributed by atoms with Gasteiger partial charge in [0.2, 0.25) is 5.91 Å². The van der Waals surface area contributed by atoms with Gasteiger partial charge >= 0.3 is 5.76 Å². The van der Waals surface area contributed by atoms with Crippen LogP contribution in [0.25, 0.3) is 11.1 Å². The van der Waals surface area contributed by atoms with Gasteiger partial charge in [-0.15, -0.1) is 0 Å². The molecule has 1 aromatic heterocycles. The molecular formula is C20H21N3O6. The Morgan fingerprint density at radius 3 is 2.72 bits per heavy atom. The van der Waals surface area contributed by atoms with E-state index in [2.05, 4.69) is 0 Å². The van der Waals surface area contributed by atoms with Crippen LogP contribution in [0.3, 0.4) is 0 Å². The minimum absolute atomic E-state index is 0.0573. The molecule has 0 N–H and O–H groups in total. The summed E-state index contributed by atoms with van der Waals surface area (Å²) in [5.41, 5.74) is 0.483. The monoisotopic (exact) mass is 399 g/mol. The molecule has 2 aromatic carbocycles. The lowest BCUT2D eigenvalue weighted by Crippen LogP contribution is -2.31. The number of fused-ring (bicyclic) bond motifs is 1. The van der Waals surface area contributed by atoms with Crippen molar-refractivity contribution in [3.63, 3.8) is 0 Å². The molecule has 0 radical (unpaired) electrons. The van der Waals surface area contributed by atoms with E-state index in [9.17, 15) is 19.7 Å². The lowest BCUT2D eigenvalue weighted by atomic mass is 10.2. The Kier molecular flexibility index (Phi) is 6.28. The second kappa shape index (κ2) is 9.05. The van der Waals surface area contributed by atoms with Gasteiger partial charge in [0.15, 0.2) is 5.58 Å². The van der Waals surface area contributed by atoms with Crippen molar-refractivity contribution in [3.05, 3.63) is 69.2 Å². The number of benzene rings is 2. The van der Waals surface area contributed by atoms with Crippen molar-refractivity contribution in [3.8, 4) is 5.75 Å². The highest BCUT2D eigenvalue weighted by atomic mass is 16.6. The number of likely N-dealkylation sites (N-methyl/N-ethyl adjacent to an activating group) is 1. The van der Waals surface area contributed by atoms with Crippen LogP contribution in [0.2, 0.25) is 0 Å². The summed E-state index contributed by atoms with van der Waals surface area (Å²) in [7, 11) is 1.70. The molecule has 0 aliphatic rings. The minimum Gasteiger partial charge on any atom is -0.492 e. The van der Waals surface area contributed by atoms with Gasteiger partial charge in [0.05, 0.1) is 23.1 Å². The zero-order valence-electron chi connectivity index (χ0n) is 15.9. The lowest BCUT2D eigenvalue weighted by molar-refractivity contribution is -0.384. The first-order valence-electron chi connectivity index (χ1n) is 9.15. The maximum atomic E-state index is 12.3. The SMILES string of the molecule is CN(CCOc1ccccc1)C(=O)CCCn1c(=O)oc2cc([N+](=O)[O-])ccc21. The molecule has 0 spiro atoms. The highest BCUT2D eigenvalue weighted by Gasteiger charge is 2.15. The zero-order valence-corrected chi connectivity index (χ0v) is 15.9. The summed E-state index contributed by atoms with van der Waals surface area (Å²) in [6, 6.07) is 13.4. The molecule has 0 unspecified atom stereocenters. The number of rotatable bonds is 9. The first kappa shape index (κ1) is 20.1. The molecule has 29 heavy (non-hydrogen) atoms. The molecule has 0 saturated heterocycles. The largest absolute Gasteiger partial charge is 0.492 e. The summed E-state index contributed by atoms with van der Waals surface area (Å²) < 4.78 is 12.0. The van der Waals surface area contributed by atoms with Crippen LogP contribution in [0.5, 0.6) is 5.75 Å². The summed E-state index contributed by atoms with van der Waals surface area (Å²) in [5.74, 6) is 0.0931. The average molecular weight is 399 g/mol. The van der Waals surface area contributed by atoms with Crippen molar-refractivity contribution in [2.24, 2.45) is 0 Å². The topological polar surface area (TPSA) is 108 Å². The van der Waals surface area contributed by atoms with Crippen molar-refractivity contribution >= 4 is 22.7 Å². The lowest BCUT2D eigenvalue weighted by Gasteiger charge is -2.17. The molecule has 3 aromatic rings. The molecule has 0 bridgehead atoms. The third kappa shape index (κ3) is 5.01. The molecule has 1 amide bonds. The quantitative estimate of drug-likeness (QED) is 0.404. The molecule has 9 nitrogen and oxygen atoms in total. The molecule has 9 heteroatoms. The van der Waals surface area contributed by atoms with Gasteiger partial charge in [-0.25, -0.2) is 4.79 Å². The number of para-hydroxylation sites is 1. The Morgan fingerprint density at radius 1 is 1.24 bits per heavy atom. The summed E-state index contributed by atoms with van der Waals surface area (Å²) in [6.45, 7) is 1.12. The van der Waals surface area contributed by atoms with Gasteiger partial charge in [0.1, 0.15) is 12.4 Å². The van der Waals surface area contributed by atoms with E-state index >= 15 is 0 Å². The summed E-state index contributed by atoms with van der Waals surface area (Å²) in [5, 5.41) is 10.8. The number of aryl methyl sites for hydroxylation is 1. The predicted octanol–water partition coefficient (Wildman–Crippen LogP) is 2.82. The highest BCUT2D eigenvalue weighted by molar-refractivity contribution is 5.76. The number of oxazole rings is 1. The van der Waals surface area contributed by atoms with Crippen LogP contribution in [-0.2, 0) is 11.3 Å². The van der Waals surface area contributed by atoms with Gasteiger partial charge in [0.25, 0.3) is 5.69 Å². The van der Waals surface area contributed by atoms with E-state index in [0.29, 0.717) is 25.1 Å². The molecule has 3 rings (SSSR count). The number of hydrogen-bond acceptors (Lipinski definition) is 6. The Morgan fingerprint density at radius 2 is 2.00 bits per heavy atom. The van der Waals surface area contributed by atoms with Crippen LogP contribution in [0.4, 0.5) is 5.69 Å². The van der Waals surface area contributed by atoms with E-state index in [1.165, 1.54) is 22.8 Å². The van der Waals surface area contributed by atoms with Gasteiger partial charge < -0.3 is 14.1 Å². The number of nitro groups is 1. The highest BCUT2D eigenvalue weighted by Crippen LogP contribution is 2.20. The number of aromatic nitrogens is 1. The molecule has 0 atom stereocenters. The first-order chi connectivity index (χ1) is 14.0. The average Bonchev–Trinajstić information content (AvgIpc) is 3.03. The second-order valence-corrected chi connectivity index (χ2v) is 6.51. The van der Waals surface area contributed by atoms with Crippen LogP contribution < -0.4 is 10.5 Å². The predicted molar refractivity (Wildman–Crippen MR) is 106 cm³/mol. The Hall–Kier alpha value is -3.62. The molecule has 0 aliphatic heterocycles. The Bertz CT molecular complexity index is 1060. The van der Waals surface area contributed by atoms with Crippen molar-refractivity contribution in [1.29, 1.82) is 0 Å². The molecule has 0 fully saturated rings. The molecular weight excluding hydrogens is 378 g/mol. The third-order valence-corrected chi connectivity index (χ3v) is 4.50. The van der Waals surface area contributed by atoms with Crippen molar-refractivity contribution < 1.29 is 18.9 Å². The molecule has 152 valence electrons. The number of carbonyl (C=O) groups excluding carboxylic acids is 1. The standard InChI is InChI=1S/C20H21N3O6/c1-21(12-13-28-16-6-3-2-4-7-16)19(24)8-5-11-22-17-10-9-15(23(26)27)14-18(17)29-20(22)25/h2-4,6-7,9-10,14H,5,8,11-13H2,1H3. The van der Waals surface area contributed by atoms with Gasteiger partial charge in [-0.3, -0.25) is 19.5 Å². The van der Waals surface area contributed by atoms with E-state index in [0.717, 1.165) is 5.75 Å². The number of nitrogens with zero attached hydrogens (tertiary/aromatic N) is 3. The Balaban J connectivity index is 1.50. The second-order valence-electron chi connectivity index (χ2n) is 6.51. The fourth-order valence-corrected chi connectivity index (χ4v) is 2.90. The maximum Gasteiger partial charge on any atom is 0.419 e. The van der Waals surface area contributed by atoms with Gasteiger partial charge in [0, 0.05) is 26.1 Å². The summed E-state index contributed by atoms with van der Waals surface area (Å²) >= 11 is 0. The van der Waals surface area contributed by atoms with E-state index in [-0.39, 0.29) is 30.1 Å². The fourth-order valence-electron chi connectivity index (χ4n) is 2.90. The summed E-state index contributed by atoms with van der Waals surface area (Å²) in [6.07, 6.45) is 0.697. The molecule has 1 heterocycles. The minimum atomic E-state index is -0.599. The smallest absolute Gasteiger partial charge is 0.419 e. The molecule has 0 saturated carbocycles.